The lowest BCUT2D eigenvalue weighted by atomic mass is 10.2. The predicted octanol–water partition coefficient (Wildman–Crippen LogP) is 3.39. The lowest BCUT2D eigenvalue weighted by Gasteiger charge is -2.09. The van der Waals surface area contributed by atoms with E-state index in [-0.39, 0.29) is 10.6 Å². The van der Waals surface area contributed by atoms with Crippen LogP contribution in [0.1, 0.15) is 10.4 Å². The molecule has 0 aromatic heterocycles. The Kier molecular flexibility index (Phi) is 4.21. The van der Waals surface area contributed by atoms with Gasteiger partial charge < -0.3 is 5.32 Å². The Labute approximate surface area is 103 Å². The van der Waals surface area contributed by atoms with Gasteiger partial charge in [0.05, 0.1) is 10.6 Å². The number of hydrogen-bond acceptors (Lipinski definition) is 1. The van der Waals surface area contributed by atoms with Crippen LogP contribution in [0.2, 0.25) is 5.02 Å². The topological polar surface area (TPSA) is 29.1 Å². The molecule has 7 heteroatoms. The number of amides is 1. The maximum absolute atomic E-state index is 11.9. The molecule has 0 aliphatic rings. The summed E-state index contributed by atoms with van der Waals surface area (Å²) in [5, 5.41) is 1.84. The summed E-state index contributed by atoms with van der Waals surface area (Å²) < 4.78 is 36.1. The van der Waals surface area contributed by atoms with Crippen LogP contribution in [0.15, 0.2) is 22.7 Å². The molecule has 16 heavy (non-hydrogen) atoms. The lowest BCUT2D eigenvalue weighted by molar-refractivity contribution is -0.123. The zero-order valence-electron chi connectivity index (χ0n) is 7.74. The highest BCUT2D eigenvalue weighted by atomic mass is 79.9. The van der Waals surface area contributed by atoms with Crippen LogP contribution >= 0.6 is 27.5 Å². The molecule has 0 saturated heterocycles. The van der Waals surface area contributed by atoms with Crippen LogP contribution < -0.4 is 5.32 Å². The fourth-order valence-corrected chi connectivity index (χ4v) is 1.51. The average Bonchev–Trinajstić information content (AvgIpc) is 2.17. The smallest absolute Gasteiger partial charge is 0.343 e. The Morgan fingerprint density at radius 3 is 2.62 bits per heavy atom. The van der Waals surface area contributed by atoms with E-state index in [1.165, 1.54) is 12.1 Å². The van der Waals surface area contributed by atoms with E-state index in [1.54, 1.807) is 11.4 Å². The van der Waals surface area contributed by atoms with Crippen molar-refractivity contribution in [3.63, 3.8) is 0 Å². The minimum absolute atomic E-state index is 0.000270. The Hall–Kier alpha value is -0.750. The van der Waals surface area contributed by atoms with Gasteiger partial charge in [0, 0.05) is 4.47 Å². The molecule has 1 rings (SSSR count). The van der Waals surface area contributed by atoms with Gasteiger partial charge in [-0.05, 0) is 18.2 Å². The minimum Gasteiger partial charge on any atom is -0.343 e. The number of rotatable bonds is 2. The first-order valence-corrected chi connectivity index (χ1v) is 5.27. The molecular formula is C9H6BrClF3NO. The zero-order chi connectivity index (χ0) is 12.3. The molecule has 0 fully saturated rings. The summed E-state index contributed by atoms with van der Waals surface area (Å²) in [5.74, 6) is -0.858. The third kappa shape index (κ3) is 4.02. The van der Waals surface area contributed by atoms with Gasteiger partial charge in [0.1, 0.15) is 6.54 Å². The third-order valence-electron chi connectivity index (χ3n) is 1.62. The first-order chi connectivity index (χ1) is 7.29. The van der Waals surface area contributed by atoms with Crippen molar-refractivity contribution in [1.29, 1.82) is 0 Å². The quantitative estimate of drug-likeness (QED) is 0.890. The summed E-state index contributed by atoms with van der Waals surface area (Å²) in [6.45, 7) is -1.38. The number of carbonyl (C=O) groups is 1. The number of benzene rings is 1. The second-order valence-corrected chi connectivity index (χ2v) is 4.24. The second kappa shape index (κ2) is 5.05. The van der Waals surface area contributed by atoms with Crippen molar-refractivity contribution in [2.75, 3.05) is 6.54 Å². The molecule has 0 bridgehead atoms. The molecular weight excluding hydrogens is 310 g/mol. The summed E-state index contributed by atoms with van der Waals surface area (Å²) in [6, 6.07) is 4.37. The summed E-state index contributed by atoms with van der Waals surface area (Å²) in [6.07, 6.45) is -4.44. The minimum atomic E-state index is -4.44. The molecule has 88 valence electrons. The highest BCUT2D eigenvalue weighted by molar-refractivity contribution is 9.10. The normalized spacial score (nSPS) is 11.3. The molecule has 1 amide bonds. The van der Waals surface area contributed by atoms with Crippen LogP contribution in [0.3, 0.4) is 0 Å². The molecule has 0 atom stereocenters. The number of halogens is 5. The molecule has 1 aromatic carbocycles. The maximum Gasteiger partial charge on any atom is 0.405 e. The van der Waals surface area contributed by atoms with Gasteiger partial charge in [0.2, 0.25) is 0 Å². The molecule has 2 nitrogen and oxygen atoms in total. The van der Waals surface area contributed by atoms with Crippen LogP contribution in [0.5, 0.6) is 0 Å². The highest BCUT2D eigenvalue weighted by Gasteiger charge is 2.28. The maximum atomic E-state index is 11.9. The summed E-state index contributed by atoms with van der Waals surface area (Å²) >= 11 is 8.77. The molecule has 0 heterocycles. The van der Waals surface area contributed by atoms with Crippen molar-refractivity contribution >= 4 is 33.4 Å². The molecule has 1 N–H and O–H groups in total. The van der Waals surface area contributed by atoms with Gasteiger partial charge in [-0.1, -0.05) is 27.5 Å². The van der Waals surface area contributed by atoms with E-state index in [0.717, 1.165) is 0 Å². The van der Waals surface area contributed by atoms with Crippen molar-refractivity contribution in [3.8, 4) is 0 Å². The van der Waals surface area contributed by atoms with Gasteiger partial charge in [0.15, 0.2) is 0 Å². The van der Waals surface area contributed by atoms with Crippen molar-refractivity contribution < 1.29 is 18.0 Å². The van der Waals surface area contributed by atoms with Gasteiger partial charge in [0.25, 0.3) is 5.91 Å². The molecule has 0 radical (unpaired) electrons. The van der Waals surface area contributed by atoms with Crippen LogP contribution in [0.4, 0.5) is 13.2 Å². The van der Waals surface area contributed by atoms with Crippen molar-refractivity contribution in [3.05, 3.63) is 33.3 Å². The first-order valence-electron chi connectivity index (χ1n) is 4.09. The molecule has 1 aromatic rings. The lowest BCUT2D eigenvalue weighted by Crippen LogP contribution is -2.33. The Bertz CT molecular complexity index is 408. The van der Waals surface area contributed by atoms with E-state index < -0.39 is 18.6 Å². The van der Waals surface area contributed by atoms with Crippen LogP contribution in [0.25, 0.3) is 0 Å². The Morgan fingerprint density at radius 1 is 1.44 bits per heavy atom. The Balaban J connectivity index is 2.77. The monoisotopic (exact) mass is 315 g/mol. The van der Waals surface area contributed by atoms with Gasteiger partial charge >= 0.3 is 6.18 Å². The fraction of sp³-hybridized carbons (Fsp3) is 0.222. The first kappa shape index (κ1) is 13.3. The molecule has 0 aliphatic heterocycles. The fourth-order valence-electron chi connectivity index (χ4n) is 0.947. The number of hydrogen-bond donors (Lipinski definition) is 1. The van der Waals surface area contributed by atoms with Gasteiger partial charge in [-0.2, -0.15) is 13.2 Å². The van der Waals surface area contributed by atoms with Crippen molar-refractivity contribution in [1.82, 2.24) is 5.32 Å². The summed E-state index contributed by atoms with van der Waals surface area (Å²) in [7, 11) is 0. The van der Waals surface area contributed by atoms with Crippen molar-refractivity contribution in [2.24, 2.45) is 0 Å². The summed E-state index contributed by atoms with van der Waals surface area (Å²) in [4.78, 5) is 11.3. The van der Waals surface area contributed by atoms with Gasteiger partial charge in [-0.25, -0.2) is 0 Å². The van der Waals surface area contributed by atoms with Gasteiger partial charge in [-0.3, -0.25) is 4.79 Å². The van der Waals surface area contributed by atoms with Crippen LogP contribution in [-0.4, -0.2) is 18.6 Å². The van der Waals surface area contributed by atoms with E-state index in [4.69, 9.17) is 11.6 Å². The second-order valence-electron chi connectivity index (χ2n) is 2.92. The van der Waals surface area contributed by atoms with E-state index in [1.807, 2.05) is 0 Å². The Morgan fingerprint density at radius 2 is 2.06 bits per heavy atom. The number of nitrogens with one attached hydrogen (secondary N) is 1. The average molecular weight is 317 g/mol. The largest absolute Gasteiger partial charge is 0.405 e. The van der Waals surface area contributed by atoms with E-state index in [9.17, 15) is 18.0 Å². The van der Waals surface area contributed by atoms with E-state index in [2.05, 4.69) is 15.9 Å². The SMILES string of the molecule is O=C(NCC(F)(F)F)c1cc(Br)ccc1Cl. The van der Waals surface area contributed by atoms with E-state index >= 15 is 0 Å². The van der Waals surface area contributed by atoms with Crippen molar-refractivity contribution in [2.45, 2.75) is 6.18 Å². The predicted molar refractivity (Wildman–Crippen MR) is 57.5 cm³/mol. The molecule has 0 unspecified atom stereocenters. The number of alkyl halides is 3. The molecule has 0 spiro atoms. The standard InChI is InChI=1S/C9H6BrClF3NO/c10-5-1-2-7(11)6(3-5)8(16)15-4-9(12,13)14/h1-3H,4H2,(H,15,16). The summed E-state index contributed by atoms with van der Waals surface area (Å²) in [5.41, 5.74) is 0.000270. The van der Waals surface area contributed by atoms with E-state index in [0.29, 0.717) is 4.47 Å². The number of carbonyl (C=O) groups excluding carboxylic acids is 1. The molecule has 0 saturated carbocycles. The molecule has 0 aliphatic carbocycles. The van der Waals surface area contributed by atoms with Crippen LogP contribution in [-0.2, 0) is 0 Å². The zero-order valence-corrected chi connectivity index (χ0v) is 10.1. The highest BCUT2D eigenvalue weighted by Crippen LogP contribution is 2.21. The third-order valence-corrected chi connectivity index (χ3v) is 2.45. The van der Waals surface area contributed by atoms with Gasteiger partial charge in [-0.15, -0.1) is 0 Å². The van der Waals surface area contributed by atoms with Crippen LogP contribution in [0, 0.1) is 0 Å².